The highest BCUT2D eigenvalue weighted by molar-refractivity contribution is 4.39. The SMILES string of the molecule is CC(N)OC(C)OC(C)N. The monoisotopic (exact) mass is 148 g/mol. The van der Waals surface area contributed by atoms with E-state index in [0.29, 0.717) is 0 Å². The summed E-state index contributed by atoms with van der Waals surface area (Å²) in [6.07, 6.45) is -0.956. The van der Waals surface area contributed by atoms with Crippen LogP contribution in [0.3, 0.4) is 0 Å². The molecule has 4 N–H and O–H groups in total. The van der Waals surface area contributed by atoms with Gasteiger partial charge in [0.2, 0.25) is 0 Å². The summed E-state index contributed by atoms with van der Waals surface area (Å²) in [5, 5.41) is 0. The highest BCUT2D eigenvalue weighted by atomic mass is 16.7. The number of ether oxygens (including phenoxy) is 2. The van der Waals surface area contributed by atoms with Gasteiger partial charge in [-0.05, 0) is 20.8 Å². The van der Waals surface area contributed by atoms with Crippen LogP contribution in [0.4, 0.5) is 0 Å². The van der Waals surface area contributed by atoms with Gasteiger partial charge in [0.1, 0.15) is 12.5 Å². The normalized spacial score (nSPS) is 20.1. The summed E-state index contributed by atoms with van der Waals surface area (Å²) in [5.41, 5.74) is 10.7. The average Bonchev–Trinajstić information content (AvgIpc) is 1.58. The third-order valence-electron chi connectivity index (χ3n) is 0.813. The van der Waals surface area contributed by atoms with Crippen LogP contribution in [0.25, 0.3) is 0 Å². The van der Waals surface area contributed by atoms with Crippen molar-refractivity contribution in [1.29, 1.82) is 0 Å². The first-order valence-electron chi connectivity index (χ1n) is 3.34. The van der Waals surface area contributed by atoms with Crippen molar-refractivity contribution >= 4 is 0 Å². The van der Waals surface area contributed by atoms with Crippen LogP contribution in [-0.2, 0) is 9.47 Å². The van der Waals surface area contributed by atoms with E-state index >= 15 is 0 Å². The molecule has 0 aromatic carbocycles. The van der Waals surface area contributed by atoms with Crippen molar-refractivity contribution < 1.29 is 9.47 Å². The van der Waals surface area contributed by atoms with Crippen LogP contribution >= 0.6 is 0 Å². The van der Waals surface area contributed by atoms with Crippen LogP contribution in [0.15, 0.2) is 0 Å². The maximum Gasteiger partial charge on any atom is 0.158 e. The zero-order valence-electron chi connectivity index (χ0n) is 6.70. The molecular formula is C6H16N2O2. The standard InChI is InChI=1S/C6H16N2O2/c1-4(7)9-6(3)10-5(2)8/h4-6H,7-8H2,1-3H3. The van der Waals surface area contributed by atoms with Gasteiger partial charge in [0, 0.05) is 0 Å². The molecule has 0 aromatic rings. The van der Waals surface area contributed by atoms with Gasteiger partial charge < -0.3 is 20.9 Å². The Bertz CT molecular complexity index is 75.8. The minimum Gasteiger partial charge on any atom is -0.335 e. The fourth-order valence-corrected chi connectivity index (χ4v) is 0.637. The molecule has 4 nitrogen and oxygen atoms in total. The molecule has 2 unspecified atom stereocenters. The predicted octanol–water partition coefficient (Wildman–Crippen LogP) is -0.0250. The molecule has 0 saturated heterocycles. The van der Waals surface area contributed by atoms with Crippen LogP contribution in [0.1, 0.15) is 20.8 Å². The molecular weight excluding hydrogens is 132 g/mol. The van der Waals surface area contributed by atoms with Crippen LogP contribution in [0.5, 0.6) is 0 Å². The molecule has 0 aromatic heterocycles. The molecule has 0 spiro atoms. The maximum absolute atomic E-state index is 5.33. The van der Waals surface area contributed by atoms with Gasteiger partial charge in [0.15, 0.2) is 6.29 Å². The summed E-state index contributed by atoms with van der Waals surface area (Å²) < 4.78 is 10.1. The quantitative estimate of drug-likeness (QED) is 0.549. The lowest BCUT2D eigenvalue weighted by molar-refractivity contribution is -0.174. The Labute approximate surface area is 61.5 Å². The molecule has 0 saturated carbocycles. The molecule has 2 atom stereocenters. The lowest BCUT2D eigenvalue weighted by Gasteiger charge is -2.18. The van der Waals surface area contributed by atoms with Crippen molar-refractivity contribution in [2.75, 3.05) is 0 Å². The molecule has 0 aliphatic heterocycles. The number of nitrogens with two attached hydrogens (primary N) is 2. The smallest absolute Gasteiger partial charge is 0.158 e. The van der Waals surface area contributed by atoms with E-state index < -0.39 is 0 Å². The Morgan fingerprint density at radius 1 is 0.900 bits per heavy atom. The zero-order valence-corrected chi connectivity index (χ0v) is 6.70. The van der Waals surface area contributed by atoms with Gasteiger partial charge in [-0.3, -0.25) is 0 Å². The van der Waals surface area contributed by atoms with E-state index in [1.165, 1.54) is 0 Å². The summed E-state index contributed by atoms with van der Waals surface area (Å²) in [6, 6.07) is 0. The summed E-state index contributed by atoms with van der Waals surface area (Å²) in [7, 11) is 0. The molecule has 0 amide bonds. The molecule has 62 valence electrons. The molecule has 0 aliphatic carbocycles. The van der Waals surface area contributed by atoms with Crippen LogP contribution < -0.4 is 11.5 Å². The Morgan fingerprint density at radius 2 is 1.20 bits per heavy atom. The molecule has 0 aliphatic rings. The van der Waals surface area contributed by atoms with Gasteiger partial charge in [-0.1, -0.05) is 0 Å². The van der Waals surface area contributed by atoms with Crippen molar-refractivity contribution in [2.45, 2.75) is 39.5 Å². The first-order valence-corrected chi connectivity index (χ1v) is 3.34. The highest BCUT2D eigenvalue weighted by Crippen LogP contribution is 1.96. The molecule has 0 heterocycles. The zero-order chi connectivity index (χ0) is 8.15. The minimum absolute atomic E-state index is 0.311. The molecule has 0 rings (SSSR count). The van der Waals surface area contributed by atoms with Crippen molar-refractivity contribution in [3.63, 3.8) is 0 Å². The van der Waals surface area contributed by atoms with E-state index in [0.717, 1.165) is 0 Å². The fraction of sp³-hybridized carbons (Fsp3) is 1.00. The van der Waals surface area contributed by atoms with E-state index in [4.69, 9.17) is 20.9 Å². The number of hydrogen-bond donors (Lipinski definition) is 2. The third-order valence-corrected chi connectivity index (χ3v) is 0.813. The van der Waals surface area contributed by atoms with Gasteiger partial charge in [0.05, 0.1) is 0 Å². The van der Waals surface area contributed by atoms with Gasteiger partial charge in [-0.2, -0.15) is 0 Å². The first-order chi connectivity index (χ1) is 4.52. The minimum atomic E-state index is -0.333. The van der Waals surface area contributed by atoms with Crippen molar-refractivity contribution in [3.8, 4) is 0 Å². The summed E-state index contributed by atoms with van der Waals surface area (Å²) >= 11 is 0. The summed E-state index contributed by atoms with van der Waals surface area (Å²) in [5.74, 6) is 0. The first kappa shape index (κ1) is 9.84. The summed E-state index contributed by atoms with van der Waals surface area (Å²) in [6.45, 7) is 5.23. The Balaban J connectivity index is 3.34. The average molecular weight is 148 g/mol. The van der Waals surface area contributed by atoms with Crippen LogP contribution in [-0.4, -0.2) is 18.7 Å². The van der Waals surface area contributed by atoms with Gasteiger partial charge in [0.25, 0.3) is 0 Å². The lowest BCUT2D eigenvalue weighted by atomic mass is 10.6. The molecule has 4 heteroatoms. The summed E-state index contributed by atoms with van der Waals surface area (Å²) in [4.78, 5) is 0. The Kier molecular flexibility index (Phi) is 4.55. The molecule has 0 radical (unpaired) electrons. The maximum atomic E-state index is 5.33. The largest absolute Gasteiger partial charge is 0.335 e. The van der Waals surface area contributed by atoms with Crippen molar-refractivity contribution in [2.24, 2.45) is 11.5 Å². The molecule has 0 fully saturated rings. The van der Waals surface area contributed by atoms with Crippen molar-refractivity contribution in [3.05, 3.63) is 0 Å². The van der Waals surface area contributed by atoms with Crippen LogP contribution in [0, 0.1) is 0 Å². The lowest BCUT2D eigenvalue weighted by Crippen LogP contribution is -2.31. The number of hydrogen-bond acceptors (Lipinski definition) is 4. The van der Waals surface area contributed by atoms with E-state index in [9.17, 15) is 0 Å². The van der Waals surface area contributed by atoms with Gasteiger partial charge in [-0.25, -0.2) is 0 Å². The second-order valence-corrected chi connectivity index (χ2v) is 2.25. The molecule has 10 heavy (non-hydrogen) atoms. The predicted molar refractivity (Wildman–Crippen MR) is 38.9 cm³/mol. The highest BCUT2D eigenvalue weighted by Gasteiger charge is 2.06. The third kappa shape index (κ3) is 5.97. The second kappa shape index (κ2) is 4.62. The number of rotatable bonds is 4. The topological polar surface area (TPSA) is 70.5 Å². The van der Waals surface area contributed by atoms with E-state index in [1.54, 1.807) is 20.8 Å². The Hall–Kier alpha value is -0.160. The Morgan fingerprint density at radius 3 is 1.40 bits per heavy atom. The van der Waals surface area contributed by atoms with E-state index in [1.807, 2.05) is 0 Å². The second-order valence-electron chi connectivity index (χ2n) is 2.25. The van der Waals surface area contributed by atoms with Gasteiger partial charge >= 0.3 is 0 Å². The van der Waals surface area contributed by atoms with Crippen LogP contribution in [0.2, 0.25) is 0 Å². The molecule has 0 bridgehead atoms. The fourth-order valence-electron chi connectivity index (χ4n) is 0.637. The van der Waals surface area contributed by atoms with E-state index in [2.05, 4.69) is 0 Å². The van der Waals surface area contributed by atoms with Gasteiger partial charge in [-0.15, -0.1) is 0 Å². The van der Waals surface area contributed by atoms with Crippen molar-refractivity contribution in [1.82, 2.24) is 0 Å². The van der Waals surface area contributed by atoms with E-state index in [-0.39, 0.29) is 18.7 Å².